The van der Waals surface area contributed by atoms with Gasteiger partial charge in [-0.25, -0.2) is 12.8 Å². The Morgan fingerprint density at radius 2 is 2.24 bits per heavy atom. The maximum atomic E-state index is 14.1. The standard InChI is InChI=1S/C15H16FNO3S/c1-3-8-17(12-7-9-21(19,20)10-12)15(18)13-6-4-5-11(2)14(13)16/h1,4-6,12H,7-10H2,2H3. The molecule has 0 spiro atoms. The molecule has 0 saturated carbocycles. The minimum Gasteiger partial charge on any atom is -0.323 e. The highest BCUT2D eigenvalue weighted by Crippen LogP contribution is 2.21. The van der Waals surface area contributed by atoms with Crippen molar-refractivity contribution < 1.29 is 17.6 Å². The van der Waals surface area contributed by atoms with Crippen LogP contribution in [0.15, 0.2) is 18.2 Å². The van der Waals surface area contributed by atoms with Crippen LogP contribution in [0.2, 0.25) is 0 Å². The van der Waals surface area contributed by atoms with E-state index in [4.69, 9.17) is 6.42 Å². The number of carbonyl (C=O) groups excluding carboxylic acids is 1. The molecule has 1 atom stereocenters. The monoisotopic (exact) mass is 309 g/mol. The van der Waals surface area contributed by atoms with Crippen LogP contribution in [0.25, 0.3) is 0 Å². The molecule has 6 heteroatoms. The van der Waals surface area contributed by atoms with Crippen molar-refractivity contribution in [1.29, 1.82) is 0 Å². The van der Waals surface area contributed by atoms with E-state index >= 15 is 0 Å². The molecule has 1 aliphatic rings. The third kappa shape index (κ3) is 3.24. The van der Waals surface area contributed by atoms with E-state index in [0.717, 1.165) is 0 Å². The largest absolute Gasteiger partial charge is 0.323 e. The zero-order chi connectivity index (χ0) is 15.6. The summed E-state index contributed by atoms with van der Waals surface area (Å²) in [6.07, 6.45) is 5.60. The first-order chi connectivity index (χ1) is 9.85. The molecule has 1 aromatic carbocycles. The summed E-state index contributed by atoms with van der Waals surface area (Å²) in [4.78, 5) is 13.8. The van der Waals surface area contributed by atoms with Crippen molar-refractivity contribution in [2.45, 2.75) is 19.4 Å². The summed E-state index contributed by atoms with van der Waals surface area (Å²) in [7, 11) is -3.15. The van der Waals surface area contributed by atoms with Gasteiger partial charge in [0.2, 0.25) is 0 Å². The summed E-state index contributed by atoms with van der Waals surface area (Å²) in [6, 6.07) is 4.05. The summed E-state index contributed by atoms with van der Waals surface area (Å²) >= 11 is 0. The smallest absolute Gasteiger partial charge is 0.257 e. The minimum atomic E-state index is -3.15. The van der Waals surface area contributed by atoms with Crippen LogP contribution in [0.5, 0.6) is 0 Å². The molecule has 112 valence electrons. The number of amides is 1. The molecule has 0 radical (unpaired) electrons. The number of rotatable bonds is 3. The lowest BCUT2D eigenvalue weighted by atomic mass is 10.1. The predicted octanol–water partition coefficient (Wildman–Crippen LogP) is 1.40. The van der Waals surface area contributed by atoms with Crippen LogP contribution in [0.1, 0.15) is 22.3 Å². The van der Waals surface area contributed by atoms with E-state index in [1.54, 1.807) is 19.1 Å². The summed E-state index contributed by atoms with van der Waals surface area (Å²) in [5.74, 6) is 1.11. The number of hydrogen-bond acceptors (Lipinski definition) is 3. The van der Waals surface area contributed by atoms with Gasteiger partial charge in [-0.15, -0.1) is 6.42 Å². The lowest BCUT2D eigenvalue weighted by Crippen LogP contribution is -2.41. The molecule has 0 aliphatic carbocycles. The number of terminal acetylenes is 1. The summed E-state index contributed by atoms with van der Waals surface area (Å²) in [6.45, 7) is 1.53. The second-order valence-electron chi connectivity index (χ2n) is 5.13. The van der Waals surface area contributed by atoms with Crippen molar-refractivity contribution in [2.75, 3.05) is 18.1 Å². The Morgan fingerprint density at radius 1 is 1.52 bits per heavy atom. The first kappa shape index (κ1) is 15.5. The fourth-order valence-electron chi connectivity index (χ4n) is 2.45. The van der Waals surface area contributed by atoms with E-state index in [0.29, 0.717) is 12.0 Å². The topological polar surface area (TPSA) is 54.5 Å². The van der Waals surface area contributed by atoms with Gasteiger partial charge in [0.25, 0.3) is 5.91 Å². The van der Waals surface area contributed by atoms with Gasteiger partial charge >= 0.3 is 0 Å². The van der Waals surface area contributed by atoms with E-state index in [1.165, 1.54) is 11.0 Å². The number of nitrogens with zero attached hydrogens (tertiary/aromatic N) is 1. The molecule has 4 nitrogen and oxygen atoms in total. The summed E-state index contributed by atoms with van der Waals surface area (Å²) < 4.78 is 37.2. The van der Waals surface area contributed by atoms with E-state index in [9.17, 15) is 17.6 Å². The van der Waals surface area contributed by atoms with Crippen LogP contribution in [0.3, 0.4) is 0 Å². The number of carbonyl (C=O) groups is 1. The number of sulfone groups is 1. The van der Waals surface area contributed by atoms with Gasteiger partial charge in [0.1, 0.15) is 5.82 Å². The van der Waals surface area contributed by atoms with Gasteiger partial charge in [0.15, 0.2) is 9.84 Å². The lowest BCUT2D eigenvalue weighted by molar-refractivity contribution is 0.0719. The van der Waals surface area contributed by atoms with Crippen molar-refractivity contribution in [2.24, 2.45) is 0 Å². The normalized spacial score (nSPS) is 20.0. The molecule has 0 N–H and O–H groups in total. The molecule has 1 unspecified atom stereocenters. The molecule has 1 aromatic rings. The molecule has 1 aliphatic heterocycles. The van der Waals surface area contributed by atoms with Gasteiger partial charge < -0.3 is 4.90 Å². The molecule has 1 heterocycles. The quantitative estimate of drug-likeness (QED) is 0.793. The maximum Gasteiger partial charge on any atom is 0.257 e. The molecular weight excluding hydrogens is 293 g/mol. The fourth-order valence-corrected chi connectivity index (χ4v) is 4.18. The van der Waals surface area contributed by atoms with Crippen molar-refractivity contribution in [1.82, 2.24) is 4.90 Å². The molecular formula is C15H16FNO3S. The predicted molar refractivity (Wildman–Crippen MR) is 78.1 cm³/mol. The Bertz CT molecular complexity index is 706. The minimum absolute atomic E-state index is 0.0301. The van der Waals surface area contributed by atoms with Gasteiger partial charge in [-0.2, -0.15) is 0 Å². The SMILES string of the molecule is C#CCN(C(=O)c1cccc(C)c1F)C1CCS(=O)(=O)C1. The molecule has 21 heavy (non-hydrogen) atoms. The highest BCUT2D eigenvalue weighted by Gasteiger charge is 2.35. The Kier molecular flexibility index (Phi) is 4.33. The maximum absolute atomic E-state index is 14.1. The van der Waals surface area contributed by atoms with Crippen LogP contribution in [0.4, 0.5) is 4.39 Å². The number of benzene rings is 1. The Hall–Kier alpha value is -1.87. The summed E-state index contributed by atoms with van der Waals surface area (Å²) in [5, 5.41) is 0. The van der Waals surface area contributed by atoms with Gasteiger partial charge in [-0.05, 0) is 25.0 Å². The Balaban J connectivity index is 2.33. The lowest BCUT2D eigenvalue weighted by Gasteiger charge is -2.26. The molecule has 1 fully saturated rings. The van der Waals surface area contributed by atoms with E-state index < -0.39 is 27.6 Å². The molecule has 0 bridgehead atoms. The average molecular weight is 309 g/mol. The molecule has 2 rings (SSSR count). The van der Waals surface area contributed by atoms with Crippen molar-refractivity contribution in [3.63, 3.8) is 0 Å². The third-order valence-electron chi connectivity index (χ3n) is 3.59. The van der Waals surface area contributed by atoms with Crippen LogP contribution in [-0.2, 0) is 9.84 Å². The van der Waals surface area contributed by atoms with E-state index in [2.05, 4.69) is 5.92 Å². The van der Waals surface area contributed by atoms with Gasteiger partial charge in [-0.1, -0.05) is 18.1 Å². The number of halogens is 1. The van der Waals surface area contributed by atoms with Crippen LogP contribution in [0, 0.1) is 25.1 Å². The average Bonchev–Trinajstić information content (AvgIpc) is 2.78. The second kappa shape index (κ2) is 5.86. The number of aryl methyl sites for hydroxylation is 1. The second-order valence-corrected chi connectivity index (χ2v) is 7.36. The number of hydrogen-bond donors (Lipinski definition) is 0. The summed E-state index contributed by atoms with van der Waals surface area (Å²) in [5.41, 5.74) is 0.287. The van der Waals surface area contributed by atoms with Crippen molar-refractivity contribution >= 4 is 15.7 Å². The molecule has 1 amide bonds. The van der Waals surface area contributed by atoms with Crippen LogP contribution >= 0.6 is 0 Å². The van der Waals surface area contributed by atoms with E-state index in [-0.39, 0.29) is 23.6 Å². The Morgan fingerprint density at radius 3 is 2.81 bits per heavy atom. The molecule has 1 saturated heterocycles. The van der Waals surface area contributed by atoms with Gasteiger partial charge in [0.05, 0.1) is 23.6 Å². The molecule has 0 aromatic heterocycles. The van der Waals surface area contributed by atoms with E-state index in [1.807, 2.05) is 0 Å². The zero-order valence-electron chi connectivity index (χ0n) is 11.7. The fraction of sp³-hybridized carbons (Fsp3) is 0.400. The van der Waals surface area contributed by atoms with Gasteiger partial charge in [-0.3, -0.25) is 4.79 Å². The highest BCUT2D eigenvalue weighted by atomic mass is 32.2. The van der Waals surface area contributed by atoms with Crippen molar-refractivity contribution in [3.8, 4) is 12.3 Å². The first-order valence-corrected chi connectivity index (χ1v) is 8.38. The Labute approximate surface area is 123 Å². The first-order valence-electron chi connectivity index (χ1n) is 6.55. The zero-order valence-corrected chi connectivity index (χ0v) is 12.5. The third-order valence-corrected chi connectivity index (χ3v) is 5.34. The van der Waals surface area contributed by atoms with Crippen LogP contribution in [-0.4, -0.2) is 43.3 Å². The van der Waals surface area contributed by atoms with Gasteiger partial charge in [0, 0.05) is 6.04 Å². The van der Waals surface area contributed by atoms with Crippen molar-refractivity contribution in [3.05, 3.63) is 35.1 Å². The highest BCUT2D eigenvalue weighted by molar-refractivity contribution is 7.91. The van der Waals surface area contributed by atoms with Crippen LogP contribution < -0.4 is 0 Å².